The van der Waals surface area contributed by atoms with Crippen molar-refractivity contribution >= 4 is 16.0 Å². The molecule has 0 aromatic heterocycles. The lowest BCUT2D eigenvalue weighted by Gasteiger charge is -2.31. The number of hydrogen-bond acceptors (Lipinski definition) is 3. The van der Waals surface area contributed by atoms with E-state index >= 15 is 0 Å². The molecule has 1 aliphatic heterocycles. The fourth-order valence-corrected chi connectivity index (χ4v) is 3.28. The third-order valence-electron chi connectivity index (χ3n) is 3.48. The average Bonchev–Trinajstić information content (AvgIpc) is 2.43. The summed E-state index contributed by atoms with van der Waals surface area (Å²) in [6, 6.07) is 0.214. The Morgan fingerprint density at radius 1 is 1.30 bits per heavy atom. The van der Waals surface area contributed by atoms with Crippen molar-refractivity contribution in [1.82, 2.24) is 14.9 Å². The minimum Gasteiger partial charge on any atom is -0.357 e. The summed E-state index contributed by atoms with van der Waals surface area (Å²) in [5.74, 6) is 0.741. The molecule has 0 atom stereocenters. The molecule has 0 aliphatic carbocycles. The van der Waals surface area contributed by atoms with Gasteiger partial charge in [-0.05, 0) is 39.5 Å². The number of rotatable bonds is 5. The molecule has 1 rings (SSSR count). The summed E-state index contributed by atoms with van der Waals surface area (Å²) in [5.41, 5.74) is -5.22. The minimum atomic E-state index is -5.22. The van der Waals surface area contributed by atoms with Gasteiger partial charge in [-0.3, -0.25) is 4.99 Å². The largest absolute Gasteiger partial charge is 0.511 e. The highest BCUT2D eigenvalue weighted by Gasteiger charge is 2.50. The fourth-order valence-electron chi connectivity index (χ4n) is 2.29. The van der Waals surface area contributed by atoms with Gasteiger partial charge in [-0.2, -0.15) is 17.5 Å². The van der Waals surface area contributed by atoms with Gasteiger partial charge in [-0.15, -0.1) is 0 Å². The summed E-state index contributed by atoms with van der Waals surface area (Å²) in [5, 5.41) is 6.25. The van der Waals surface area contributed by atoms with Crippen LogP contribution in [0.4, 0.5) is 13.2 Å². The molecule has 1 saturated heterocycles. The van der Waals surface area contributed by atoms with Crippen LogP contribution in [-0.2, 0) is 10.0 Å². The van der Waals surface area contributed by atoms with Crippen LogP contribution in [0.2, 0.25) is 0 Å². The van der Waals surface area contributed by atoms with E-state index in [4.69, 9.17) is 0 Å². The third-order valence-corrected chi connectivity index (χ3v) is 5.11. The number of halogens is 3. The highest BCUT2D eigenvalue weighted by Crippen LogP contribution is 2.30. The summed E-state index contributed by atoms with van der Waals surface area (Å²) >= 11 is 0. The highest BCUT2D eigenvalue weighted by atomic mass is 32.2. The van der Waals surface area contributed by atoms with E-state index in [0.717, 1.165) is 0 Å². The zero-order valence-electron chi connectivity index (χ0n) is 13.7. The molecule has 136 valence electrons. The monoisotopic (exact) mass is 358 g/mol. The Hall–Kier alpha value is -1.03. The first kappa shape index (κ1) is 20.0. The lowest BCUT2D eigenvalue weighted by Crippen LogP contribution is -2.45. The van der Waals surface area contributed by atoms with E-state index in [1.165, 1.54) is 0 Å². The number of piperidine rings is 1. The van der Waals surface area contributed by atoms with Gasteiger partial charge in [0.15, 0.2) is 5.96 Å². The zero-order valence-corrected chi connectivity index (χ0v) is 14.5. The zero-order chi connectivity index (χ0) is 17.7. The Labute approximate surface area is 135 Å². The van der Waals surface area contributed by atoms with E-state index < -0.39 is 15.5 Å². The Morgan fingerprint density at radius 3 is 2.30 bits per heavy atom. The maximum atomic E-state index is 12.5. The Bertz CT molecular complexity index is 498. The molecule has 2 N–H and O–H groups in total. The molecule has 0 unspecified atom stereocenters. The Morgan fingerprint density at radius 2 is 1.87 bits per heavy atom. The third kappa shape index (κ3) is 5.83. The molecule has 0 radical (unpaired) electrons. The van der Waals surface area contributed by atoms with Crippen LogP contribution in [-0.4, -0.2) is 56.4 Å². The number of aliphatic imine (C=N–C) groups is 1. The van der Waals surface area contributed by atoms with Crippen molar-refractivity contribution in [1.29, 1.82) is 0 Å². The van der Waals surface area contributed by atoms with Gasteiger partial charge in [-0.25, -0.2) is 8.42 Å². The van der Waals surface area contributed by atoms with E-state index in [9.17, 15) is 21.6 Å². The number of guanidine groups is 1. The number of sulfonamides is 1. The molecular weight excluding hydrogens is 333 g/mol. The van der Waals surface area contributed by atoms with Gasteiger partial charge < -0.3 is 10.6 Å². The number of alkyl halides is 3. The lowest BCUT2D eigenvalue weighted by atomic mass is 9.98. The standard InChI is InChI=1S/C13H25F3N4O2S/c1-4-17-12(19-10(2)3)18-9-11-5-7-20(8-6-11)23(21,22)13(14,15)16/h10-11H,4-9H2,1-3H3,(H2,17,18,19). The van der Waals surface area contributed by atoms with Crippen LogP contribution >= 0.6 is 0 Å². The first-order valence-corrected chi connectivity index (χ1v) is 9.13. The molecule has 1 fully saturated rings. The molecule has 6 nitrogen and oxygen atoms in total. The van der Waals surface area contributed by atoms with Gasteiger partial charge in [-0.1, -0.05) is 0 Å². The molecule has 0 spiro atoms. The van der Waals surface area contributed by atoms with Crippen molar-refractivity contribution in [2.45, 2.75) is 45.2 Å². The second-order valence-electron chi connectivity index (χ2n) is 5.81. The maximum absolute atomic E-state index is 12.5. The molecule has 1 heterocycles. The quantitative estimate of drug-likeness (QED) is 0.577. The van der Waals surface area contributed by atoms with Gasteiger partial charge in [0.2, 0.25) is 0 Å². The second kappa shape index (κ2) is 8.18. The summed E-state index contributed by atoms with van der Waals surface area (Å²) in [4.78, 5) is 4.42. The van der Waals surface area contributed by atoms with Crippen LogP contribution in [0.15, 0.2) is 4.99 Å². The molecule has 10 heteroatoms. The van der Waals surface area contributed by atoms with Crippen LogP contribution in [0.5, 0.6) is 0 Å². The fraction of sp³-hybridized carbons (Fsp3) is 0.923. The van der Waals surface area contributed by atoms with Crippen molar-refractivity contribution in [3.63, 3.8) is 0 Å². The Balaban J connectivity index is 2.56. The van der Waals surface area contributed by atoms with Crippen molar-refractivity contribution < 1.29 is 21.6 Å². The molecule has 0 aromatic rings. The molecule has 0 saturated carbocycles. The highest BCUT2D eigenvalue weighted by molar-refractivity contribution is 7.90. The molecular formula is C13H25F3N4O2S. The normalized spacial score (nSPS) is 19.2. The SMILES string of the molecule is CCNC(=NCC1CCN(S(=O)(=O)C(F)(F)F)CC1)NC(C)C. The predicted molar refractivity (Wildman–Crippen MR) is 83.5 cm³/mol. The average molecular weight is 358 g/mol. The molecule has 23 heavy (non-hydrogen) atoms. The van der Waals surface area contributed by atoms with E-state index in [2.05, 4.69) is 15.6 Å². The molecule has 0 amide bonds. The lowest BCUT2D eigenvalue weighted by molar-refractivity contribution is -0.0496. The minimum absolute atomic E-state index is 0.0808. The van der Waals surface area contributed by atoms with Crippen molar-refractivity contribution in [3.05, 3.63) is 0 Å². The summed E-state index contributed by atoms with van der Waals surface area (Å²) in [7, 11) is -5.21. The van der Waals surface area contributed by atoms with Crippen molar-refractivity contribution in [3.8, 4) is 0 Å². The van der Waals surface area contributed by atoms with Gasteiger partial charge in [0.25, 0.3) is 0 Å². The van der Waals surface area contributed by atoms with E-state index in [1.54, 1.807) is 0 Å². The van der Waals surface area contributed by atoms with Gasteiger partial charge >= 0.3 is 15.5 Å². The van der Waals surface area contributed by atoms with Crippen LogP contribution in [0.25, 0.3) is 0 Å². The maximum Gasteiger partial charge on any atom is 0.511 e. The van der Waals surface area contributed by atoms with E-state index in [0.29, 0.717) is 36.2 Å². The molecule has 0 bridgehead atoms. The van der Waals surface area contributed by atoms with Gasteiger partial charge in [0, 0.05) is 32.2 Å². The topological polar surface area (TPSA) is 73.8 Å². The first-order valence-electron chi connectivity index (χ1n) is 7.69. The van der Waals surface area contributed by atoms with Crippen LogP contribution < -0.4 is 10.6 Å². The number of nitrogens with zero attached hydrogens (tertiary/aromatic N) is 2. The Kier molecular flexibility index (Phi) is 7.12. The van der Waals surface area contributed by atoms with Gasteiger partial charge in [0.05, 0.1) is 0 Å². The van der Waals surface area contributed by atoms with Crippen LogP contribution in [0, 0.1) is 5.92 Å². The summed E-state index contributed by atoms with van der Waals surface area (Å²) in [6.07, 6.45) is 0.750. The molecule has 1 aliphatic rings. The first-order chi connectivity index (χ1) is 10.6. The van der Waals surface area contributed by atoms with E-state index in [1.807, 2.05) is 20.8 Å². The number of hydrogen-bond donors (Lipinski definition) is 2. The smallest absolute Gasteiger partial charge is 0.357 e. The van der Waals surface area contributed by atoms with Crippen LogP contribution in [0.1, 0.15) is 33.6 Å². The van der Waals surface area contributed by atoms with Crippen molar-refractivity contribution in [2.24, 2.45) is 10.9 Å². The summed E-state index contributed by atoms with van der Waals surface area (Å²) < 4.78 is 60.7. The second-order valence-corrected chi connectivity index (χ2v) is 7.74. The predicted octanol–water partition coefficient (Wildman–Crippen LogP) is 1.51. The van der Waals surface area contributed by atoms with Gasteiger partial charge in [0.1, 0.15) is 0 Å². The van der Waals surface area contributed by atoms with Crippen molar-refractivity contribution in [2.75, 3.05) is 26.2 Å². The molecule has 0 aromatic carbocycles. The van der Waals surface area contributed by atoms with Crippen LogP contribution in [0.3, 0.4) is 0 Å². The summed E-state index contributed by atoms with van der Waals surface area (Å²) in [6.45, 7) is 6.84. The van der Waals surface area contributed by atoms with E-state index in [-0.39, 0.29) is 25.0 Å². The number of nitrogens with one attached hydrogen (secondary N) is 2.